The maximum Gasteiger partial charge on any atom is 0.142 e. The molecule has 0 aliphatic carbocycles. The average molecular weight is 211 g/mol. The maximum absolute atomic E-state index is 9.67. The molecule has 1 rings (SSSR count). The van der Waals surface area contributed by atoms with Crippen LogP contribution >= 0.6 is 0 Å². The van der Waals surface area contributed by atoms with Crippen molar-refractivity contribution in [2.75, 3.05) is 0 Å². The lowest BCUT2D eigenvalue weighted by Gasteiger charge is -2.12. The first kappa shape index (κ1) is 11.9. The van der Waals surface area contributed by atoms with E-state index in [1.165, 1.54) is 0 Å². The number of aliphatic hydroxyl groups excluding tert-OH is 1. The van der Waals surface area contributed by atoms with Gasteiger partial charge in [0.15, 0.2) is 0 Å². The summed E-state index contributed by atoms with van der Waals surface area (Å²) in [7, 11) is 0. The van der Waals surface area contributed by atoms with Crippen LogP contribution < -0.4 is 0 Å². The topological polar surface area (TPSA) is 62.6 Å². The molecule has 2 N–H and O–H groups in total. The fourth-order valence-corrected chi connectivity index (χ4v) is 1.24. The van der Waals surface area contributed by atoms with Gasteiger partial charge in [-0.25, -0.2) is 0 Å². The van der Waals surface area contributed by atoms with Crippen LogP contribution in [0.25, 0.3) is 0 Å². The Morgan fingerprint density at radius 2 is 2.13 bits per heavy atom. The summed E-state index contributed by atoms with van der Waals surface area (Å²) in [4.78, 5) is 4.02. The van der Waals surface area contributed by atoms with Crippen molar-refractivity contribution in [3.05, 3.63) is 23.0 Å². The third-order valence-corrected chi connectivity index (χ3v) is 2.16. The van der Waals surface area contributed by atoms with E-state index in [-0.39, 0.29) is 18.5 Å². The molecule has 0 atom stereocenters. The van der Waals surface area contributed by atoms with Crippen molar-refractivity contribution >= 4 is 0 Å². The van der Waals surface area contributed by atoms with E-state index in [1.54, 1.807) is 13.1 Å². The van der Waals surface area contributed by atoms with Crippen LogP contribution in [0.5, 0.6) is 5.75 Å². The van der Waals surface area contributed by atoms with Gasteiger partial charge in [0.25, 0.3) is 0 Å². The highest BCUT2D eigenvalue weighted by atomic mass is 16.5. The van der Waals surface area contributed by atoms with E-state index in [2.05, 4.69) is 4.98 Å². The lowest BCUT2D eigenvalue weighted by molar-refractivity contribution is 0.0642. The number of pyridine rings is 1. The predicted octanol–water partition coefficient (Wildman–Crippen LogP) is 1.51. The minimum absolute atomic E-state index is 0.0577. The number of nitrogens with zero attached hydrogens (tertiary/aromatic N) is 1. The molecular formula is C11H17NO3. The average Bonchev–Trinajstić information content (AvgIpc) is 2.19. The number of aryl methyl sites for hydroxylation is 1. The predicted molar refractivity (Wildman–Crippen MR) is 56.5 cm³/mol. The molecule has 0 amide bonds. The normalized spacial score (nSPS) is 11.0. The standard InChI is InChI=1S/C11H17NO3/c1-7(2)15-6-9-4-12-8(3)11(14)10(9)5-13/h4,7,13-14H,5-6H2,1-3H3. The molecule has 0 saturated heterocycles. The van der Waals surface area contributed by atoms with Crippen molar-refractivity contribution in [2.45, 2.75) is 40.1 Å². The smallest absolute Gasteiger partial charge is 0.142 e. The largest absolute Gasteiger partial charge is 0.506 e. The van der Waals surface area contributed by atoms with Crippen molar-refractivity contribution in [1.29, 1.82) is 0 Å². The summed E-state index contributed by atoms with van der Waals surface area (Å²) in [6.45, 7) is 5.71. The molecule has 4 nitrogen and oxygen atoms in total. The molecule has 0 saturated carbocycles. The van der Waals surface area contributed by atoms with Crippen molar-refractivity contribution < 1.29 is 14.9 Å². The maximum atomic E-state index is 9.67. The van der Waals surface area contributed by atoms with Gasteiger partial charge in [0.2, 0.25) is 0 Å². The van der Waals surface area contributed by atoms with Gasteiger partial charge in [-0.15, -0.1) is 0 Å². The molecule has 1 heterocycles. The Kier molecular flexibility index (Phi) is 4.05. The van der Waals surface area contributed by atoms with Crippen molar-refractivity contribution in [3.63, 3.8) is 0 Å². The van der Waals surface area contributed by atoms with Crippen LogP contribution in [0, 0.1) is 6.92 Å². The molecule has 1 aromatic heterocycles. The third kappa shape index (κ3) is 2.91. The zero-order valence-corrected chi connectivity index (χ0v) is 9.32. The summed E-state index contributed by atoms with van der Waals surface area (Å²) in [6, 6.07) is 0. The molecule has 1 aromatic rings. The first-order chi connectivity index (χ1) is 7.06. The monoisotopic (exact) mass is 211 g/mol. The molecule has 0 bridgehead atoms. The number of aliphatic hydroxyl groups is 1. The Morgan fingerprint density at radius 3 is 2.67 bits per heavy atom. The minimum atomic E-state index is -0.202. The number of rotatable bonds is 4. The van der Waals surface area contributed by atoms with Gasteiger partial charge in [0.1, 0.15) is 5.75 Å². The summed E-state index contributed by atoms with van der Waals surface area (Å²) >= 11 is 0. The molecule has 15 heavy (non-hydrogen) atoms. The molecule has 0 aliphatic rings. The molecule has 84 valence electrons. The summed E-state index contributed by atoms with van der Waals surface area (Å²) in [5.74, 6) is 0.0577. The highest BCUT2D eigenvalue weighted by molar-refractivity contribution is 5.39. The summed E-state index contributed by atoms with van der Waals surface area (Å²) < 4.78 is 5.40. The zero-order chi connectivity index (χ0) is 11.4. The minimum Gasteiger partial charge on any atom is -0.506 e. The lowest BCUT2D eigenvalue weighted by Crippen LogP contribution is -2.06. The first-order valence-corrected chi connectivity index (χ1v) is 4.95. The molecule has 0 fully saturated rings. The quantitative estimate of drug-likeness (QED) is 0.792. The second kappa shape index (κ2) is 5.09. The third-order valence-electron chi connectivity index (χ3n) is 2.16. The fourth-order valence-electron chi connectivity index (χ4n) is 1.24. The van der Waals surface area contributed by atoms with E-state index in [9.17, 15) is 5.11 Å². The summed E-state index contributed by atoms with van der Waals surface area (Å²) in [5.41, 5.74) is 1.75. The highest BCUT2D eigenvalue weighted by Crippen LogP contribution is 2.24. The van der Waals surface area contributed by atoms with Crippen LogP contribution in [0.1, 0.15) is 30.7 Å². The SMILES string of the molecule is Cc1ncc(COC(C)C)c(CO)c1O. The van der Waals surface area contributed by atoms with Crippen LogP contribution in [0.15, 0.2) is 6.20 Å². The van der Waals surface area contributed by atoms with Crippen LogP contribution in [-0.4, -0.2) is 21.3 Å². The van der Waals surface area contributed by atoms with Crippen LogP contribution in [-0.2, 0) is 18.0 Å². The molecule has 0 aliphatic heterocycles. The number of aromatic nitrogens is 1. The number of hydrogen-bond acceptors (Lipinski definition) is 4. The molecule has 4 heteroatoms. The molecule has 0 unspecified atom stereocenters. The van der Waals surface area contributed by atoms with E-state index in [0.717, 1.165) is 5.56 Å². The van der Waals surface area contributed by atoms with E-state index in [1.807, 2.05) is 13.8 Å². The Bertz CT molecular complexity index is 337. The van der Waals surface area contributed by atoms with Gasteiger partial charge in [0.05, 0.1) is 25.0 Å². The highest BCUT2D eigenvalue weighted by Gasteiger charge is 2.11. The first-order valence-electron chi connectivity index (χ1n) is 4.95. The Labute approximate surface area is 89.5 Å². The van der Waals surface area contributed by atoms with Gasteiger partial charge in [-0.1, -0.05) is 0 Å². The zero-order valence-electron chi connectivity index (χ0n) is 9.32. The number of ether oxygens (including phenoxy) is 1. The van der Waals surface area contributed by atoms with Crippen molar-refractivity contribution in [2.24, 2.45) is 0 Å². The van der Waals surface area contributed by atoms with Crippen LogP contribution in [0.3, 0.4) is 0 Å². The summed E-state index contributed by atoms with van der Waals surface area (Å²) in [6.07, 6.45) is 1.74. The molecular weight excluding hydrogens is 194 g/mol. The van der Waals surface area contributed by atoms with Crippen molar-refractivity contribution in [1.82, 2.24) is 4.98 Å². The Hall–Kier alpha value is -1.13. The Morgan fingerprint density at radius 1 is 1.47 bits per heavy atom. The number of aromatic hydroxyl groups is 1. The van der Waals surface area contributed by atoms with Crippen molar-refractivity contribution in [3.8, 4) is 5.75 Å². The molecule has 0 aromatic carbocycles. The van der Waals surface area contributed by atoms with Gasteiger partial charge >= 0.3 is 0 Å². The van der Waals surface area contributed by atoms with Crippen LogP contribution in [0.2, 0.25) is 0 Å². The Balaban J connectivity index is 2.92. The number of hydrogen-bond donors (Lipinski definition) is 2. The van der Waals surface area contributed by atoms with E-state index in [4.69, 9.17) is 9.84 Å². The van der Waals surface area contributed by atoms with E-state index < -0.39 is 0 Å². The van der Waals surface area contributed by atoms with Gasteiger partial charge in [-0.05, 0) is 20.8 Å². The molecule has 0 radical (unpaired) electrons. The lowest BCUT2D eigenvalue weighted by atomic mass is 10.1. The van der Waals surface area contributed by atoms with Gasteiger partial charge in [0, 0.05) is 17.3 Å². The second-order valence-electron chi connectivity index (χ2n) is 3.71. The van der Waals surface area contributed by atoms with Gasteiger partial charge in [-0.3, -0.25) is 4.98 Å². The van der Waals surface area contributed by atoms with E-state index in [0.29, 0.717) is 17.9 Å². The van der Waals surface area contributed by atoms with Gasteiger partial charge in [-0.2, -0.15) is 0 Å². The fraction of sp³-hybridized carbons (Fsp3) is 0.545. The summed E-state index contributed by atoms with van der Waals surface area (Å²) in [5, 5.41) is 18.8. The molecule has 0 spiro atoms. The van der Waals surface area contributed by atoms with Crippen LogP contribution in [0.4, 0.5) is 0 Å². The second-order valence-corrected chi connectivity index (χ2v) is 3.71. The van der Waals surface area contributed by atoms with E-state index >= 15 is 0 Å². The van der Waals surface area contributed by atoms with Gasteiger partial charge < -0.3 is 14.9 Å².